The van der Waals surface area contributed by atoms with E-state index in [1.54, 1.807) is 0 Å². The molecule has 1 aromatic carbocycles. The van der Waals surface area contributed by atoms with E-state index in [0.717, 1.165) is 50.4 Å². The van der Waals surface area contributed by atoms with Crippen molar-refractivity contribution in [3.8, 4) is 0 Å². The summed E-state index contributed by atoms with van der Waals surface area (Å²) in [6.45, 7) is 4.54. The number of carbonyl (C=O) groups is 1. The van der Waals surface area contributed by atoms with Crippen molar-refractivity contribution in [3.63, 3.8) is 0 Å². The van der Waals surface area contributed by atoms with E-state index in [0.29, 0.717) is 0 Å². The molecule has 1 heterocycles. The van der Waals surface area contributed by atoms with Gasteiger partial charge in [-0.2, -0.15) is 0 Å². The lowest BCUT2D eigenvalue weighted by molar-refractivity contribution is -0.120. The Hall–Kier alpha value is -1.55. The summed E-state index contributed by atoms with van der Waals surface area (Å²) in [5.41, 5.74) is 8.13. The topological polar surface area (TPSA) is 58.4 Å². The van der Waals surface area contributed by atoms with Crippen molar-refractivity contribution in [2.24, 2.45) is 17.6 Å². The summed E-state index contributed by atoms with van der Waals surface area (Å²) in [6, 6.07) is 8.45. The van der Waals surface area contributed by atoms with Gasteiger partial charge >= 0.3 is 0 Å². The molecule has 0 aromatic heterocycles. The third-order valence-corrected chi connectivity index (χ3v) is 5.35. The zero-order valence-corrected chi connectivity index (χ0v) is 14.1. The first-order valence-electron chi connectivity index (χ1n) is 9.03. The van der Waals surface area contributed by atoms with Crippen LogP contribution in [0.4, 0.5) is 11.4 Å². The Morgan fingerprint density at radius 1 is 1.22 bits per heavy atom. The number of piperidine rings is 1. The molecule has 1 aliphatic carbocycles. The van der Waals surface area contributed by atoms with E-state index in [1.165, 1.54) is 18.5 Å². The van der Waals surface area contributed by atoms with Crippen molar-refractivity contribution in [3.05, 3.63) is 24.3 Å². The molecule has 2 atom stereocenters. The first-order chi connectivity index (χ1) is 11.1. The van der Waals surface area contributed by atoms with Gasteiger partial charge in [0.15, 0.2) is 0 Å². The molecule has 4 heteroatoms. The van der Waals surface area contributed by atoms with Gasteiger partial charge in [0, 0.05) is 36.4 Å². The Balaban J connectivity index is 1.62. The van der Waals surface area contributed by atoms with Crippen LogP contribution in [0.1, 0.15) is 45.4 Å². The number of hydrogen-bond acceptors (Lipinski definition) is 3. The minimum atomic E-state index is 0.0678. The van der Waals surface area contributed by atoms with Crippen LogP contribution in [0.15, 0.2) is 24.3 Å². The summed E-state index contributed by atoms with van der Waals surface area (Å²) < 4.78 is 0. The molecule has 1 saturated heterocycles. The predicted octanol–water partition coefficient (Wildman–Crippen LogP) is 3.38. The van der Waals surface area contributed by atoms with Crippen molar-refractivity contribution >= 4 is 17.3 Å². The van der Waals surface area contributed by atoms with Crippen LogP contribution in [0.3, 0.4) is 0 Å². The van der Waals surface area contributed by atoms with Crippen LogP contribution in [-0.2, 0) is 4.79 Å². The molecule has 2 fully saturated rings. The van der Waals surface area contributed by atoms with Crippen LogP contribution in [-0.4, -0.2) is 25.0 Å². The molecule has 23 heavy (non-hydrogen) atoms. The molecule has 3 rings (SSSR count). The standard InChI is InChI=1S/C19H29N3O/c1-14-8-10-22(11-9-14)18-7-3-6-17(13-18)21-19(23)15-4-2-5-16(20)12-15/h3,6-7,13-16H,2,4-5,8-12,20H2,1H3,(H,21,23). The first-order valence-corrected chi connectivity index (χ1v) is 9.03. The summed E-state index contributed by atoms with van der Waals surface area (Å²) in [7, 11) is 0. The molecule has 1 amide bonds. The van der Waals surface area contributed by atoms with E-state index in [4.69, 9.17) is 5.73 Å². The summed E-state index contributed by atoms with van der Waals surface area (Å²) in [5.74, 6) is 1.02. The van der Waals surface area contributed by atoms with E-state index in [2.05, 4.69) is 29.3 Å². The second-order valence-electron chi connectivity index (χ2n) is 7.33. The van der Waals surface area contributed by atoms with Gasteiger partial charge in [-0.25, -0.2) is 0 Å². The molecule has 1 saturated carbocycles. The number of nitrogens with one attached hydrogen (secondary N) is 1. The molecule has 3 N–H and O–H groups in total. The number of anilines is 2. The minimum absolute atomic E-state index is 0.0678. The molecular weight excluding hydrogens is 286 g/mol. The molecule has 0 radical (unpaired) electrons. The molecule has 0 bridgehead atoms. The average Bonchev–Trinajstić information content (AvgIpc) is 2.56. The Kier molecular flexibility index (Phi) is 5.21. The lowest BCUT2D eigenvalue weighted by Gasteiger charge is -2.32. The maximum absolute atomic E-state index is 12.5. The first kappa shape index (κ1) is 16.3. The fourth-order valence-corrected chi connectivity index (χ4v) is 3.76. The normalized spacial score (nSPS) is 26.1. The van der Waals surface area contributed by atoms with Gasteiger partial charge in [-0.15, -0.1) is 0 Å². The zero-order valence-electron chi connectivity index (χ0n) is 14.1. The highest BCUT2D eigenvalue weighted by atomic mass is 16.1. The lowest BCUT2D eigenvalue weighted by Crippen LogP contribution is -2.34. The molecular formula is C19H29N3O. The zero-order chi connectivity index (χ0) is 16.2. The molecule has 1 aliphatic heterocycles. The van der Waals surface area contributed by atoms with Gasteiger partial charge in [0.05, 0.1) is 0 Å². The van der Waals surface area contributed by atoms with Crippen molar-refractivity contribution in [2.75, 3.05) is 23.3 Å². The van der Waals surface area contributed by atoms with Gasteiger partial charge in [0.2, 0.25) is 5.91 Å². The number of hydrogen-bond donors (Lipinski definition) is 2. The second kappa shape index (κ2) is 7.35. The number of carbonyl (C=O) groups excluding carboxylic acids is 1. The van der Waals surface area contributed by atoms with Crippen LogP contribution in [0.5, 0.6) is 0 Å². The van der Waals surface area contributed by atoms with E-state index < -0.39 is 0 Å². The van der Waals surface area contributed by atoms with Crippen molar-refractivity contribution in [1.29, 1.82) is 0 Å². The number of benzene rings is 1. The number of nitrogens with two attached hydrogens (primary N) is 1. The quantitative estimate of drug-likeness (QED) is 0.899. The van der Waals surface area contributed by atoms with Gasteiger partial charge in [0.1, 0.15) is 0 Å². The van der Waals surface area contributed by atoms with Gasteiger partial charge in [-0.1, -0.05) is 19.4 Å². The lowest BCUT2D eigenvalue weighted by atomic mass is 9.85. The van der Waals surface area contributed by atoms with E-state index in [1.807, 2.05) is 12.1 Å². The summed E-state index contributed by atoms with van der Waals surface area (Å²) in [5, 5.41) is 3.10. The molecule has 4 nitrogen and oxygen atoms in total. The Bertz CT molecular complexity index is 537. The largest absolute Gasteiger partial charge is 0.371 e. The predicted molar refractivity (Wildman–Crippen MR) is 95.6 cm³/mol. The van der Waals surface area contributed by atoms with Crippen LogP contribution < -0.4 is 16.0 Å². The highest BCUT2D eigenvalue weighted by Crippen LogP contribution is 2.27. The number of rotatable bonds is 3. The molecule has 1 aromatic rings. The smallest absolute Gasteiger partial charge is 0.227 e. The van der Waals surface area contributed by atoms with Crippen LogP contribution in [0.2, 0.25) is 0 Å². The highest BCUT2D eigenvalue weighted by Gasteiger charge is 2.25. The fourth-order valence-electron chi connectivity index (χ4n) is 3.76. The van der Waals surface area contributed by atoms with Crippen molar-refractivity contribution in [2.45, 2.75) is 51.5 Å². The van der Waals surface area contributed by atoms with E-state index in [-0.39, 0.29) is 17.9 Å². The molecule has 126 valence electrons. The molecule has 2 aliphatic rings. The maximum Gasteiger partial charge on any atom is 0.227 e. The molecule has 0 spiro atoms. The number of amides is 1. The summed E-state index contributed by atoms with van der Waals surface area (Å²) in [4.78, 5) is 14.9. The monoisotopic (exact) mass is 315 g/mol. The number of nitrogens with zero attached hydrogens (tertiary/aromatic N) is 1. The van der Waals surface area contributed by atoms with Gasteiger partial charge in [-0.05, 0) is 56.2 Å². The Morgan fingerprint density at radius 2 is 2.00 bits per heavy atom. The van der Waals surface area contributed by atoms with Crippen LogP contribution in [0.25, 0.3) is 0 Å². The van der Waals surface area contributed by atoms with E-state index >= 15 is 0 Å². The minimum Gasteiger partial charge on any atom is -0.371 e. The fraction of sp³-hybridized carbons (Fsp3) is 0.632. The summed E-state index contributed by atoms with van der Waals surface area (Å²) in [6.07, 6.45) is 6.38. The average molecular weight is 315 g/mol. The van der Waals surface area contributed by atoms with Gasteiger partial charge < -0.3 is 16.0 Å². The van der Waals surface area contributed by atoms with Gasteiger partial charge in [0.25, 0.3) is 0 Å². The van der Waals surface area contributed by atoms with Gasteiger partial charge in [-0.3, -0.25) is 4.79 Å². The highest BCUT2D eigenvalue weighted by molar-refractivity contribution is 5.93. The Morgan fingerprint density at radius 3 is 2.74 bits per heavy atom. The maximum atomic E-state index is 12.5. The van der Waals surface area contributed by atoms with E-state index in [9.17, 15) is 4.79 Å². The van der Waals surface area contributed by atoms with Crippen LogP contribution >= 0.6 is 0 Å². The summed E-state index contributed by atoms with van der Waals surface area (Å²) >= 11 is 0. The molecule has 2 unspecified atom stereocenters. The SMILES string of the molecule is CC1CCN(c2cccc(NC(=O)C3CCCC(N)C3)c2)CC1. The van der Waals surface area contributed by atoms with Crippen molar-refractivity contribution in [1.82, 2.24) is 0 Å². The van der Waals surface area contributed by atoms with Crippen LogP contribution in [0, 0.1) is 11.8 Å². The Labute approximate surface area is 139 Å². The second-order valence-corrected chi connectivity index (χ2v) is 7.33. The van der Waals surface area contributed by atoms with Crippen molar-refractivity contribution < 1.29 is 4.79 Å². The third-order valence-electron chi connectivity index (χ3n) is 5.35. The third kappa shape index (κ3) is 4.25.